The van der Waals surface area contributed by atoms with Crippen LogP contribution in [0.15, 0.2) is 54.6 Å². The van der Waals surface area contributed by atoms with Crippen LogP contribution in [0.3, 0.4) is 0 Å². The van der Waals surface area contributed by atoms with Crippen LogP contribution in [-0.4, -0.2) is 55.7 Å². The van der Waals surface area contributed by atoms with E-state index in [1.54, 1.807) is 4.90 Å². The number of likely N-dealkylation sites (N-methyl/N-ethyl adjacent to an activating group) is 1. The molecule has 3 amide bonds. The summed E-state index contributed by atoms with van der Waals surface area (Å²) in [7, 11) is 1.82. The predicted octanol–water partition coefficient (Wildman–Crippen LogP) is 3.29. The molecule has 2 N–H and O–H groups in total. The molecule has 0 bridgehead atoms. The van der Waals surface area contributed by atoms with Gasteiger partial charge in [0.2, 0.25) is 5.91 Å². The van der Waals surface area contributed by atoms with Gasteiger partial charge in [0.25, 0.3) is 0 Å². The summed E-state index contributed by atoms with van der Waals surface area (Å²) in [4.78, 5) is 30.2. The number of anilines is 1. The summed E-state index contributed by atoms with van der Waals surface area (Å²) in [6.07, 6.45) is 3.22. The number of rotatable bonds is 7. The molecule has 1 aliphatic carbocycles. The molecule has 2 aromatic carbocycles. The number of ether oxygens (including phenoxy) is 1. The molecule has 1 saturated carbocycles. The number of carbonyl (C=O) groups is 2. The van der Waals surface area contributed by atoms with Crippen molar-refractivity contribution < 1.29 is 14.3 Å². The lowest BCUT2D eigenvalue weighted by molar-refractivity contribution is -0.137. The highest BCUT2D eigenvalue weighted by Gasteiger charge is 2.44. The second-order valence-electron chi connectivity index (χ2n) is 9.01. The van der Waals surface area contributed by atoms with Crippen LogP contribution in [0.5, 0.6) is 0 Å². The van der Waals surface area contributed by atoms with E-state index in [0.29, 0.717) is 25.9 Å². The quantitative estimate of drug-likeness (QED) is 0.679. The average Bonchev–Trinajstić information content (AvgIpc) is 3.33. The molecule has 0 atom stereocenters. The molecule has 0 spiro atoms. The lowest BCUT2D eigenvalue weighted by Gasteiger charge is -2.33. The number of urea groups is 1. The SMILES string of the molecule is CN(Cc1ccc(N2CCOCC2)cc1)C(=O)C1(NC(=O)NCc2ccccc2)CCCC1. The second kappa shape index (κ2) is 10.7. The Kier molecular flexibility index (Phi) is 7.50. The number of amides is 3. The molecule has 1 aliphatic heterocycles. The summed E-state index contributed by atoms with van der Waals surface area (Å²) < 4.78 is 5.43. The molecule has 2 fully saturated rings. The van der Waals surface area contributed by atoms with E-state index in [4.69, 9.17) is 4.74 Å². The van der Waals surface area contributed by atoms with Crippen LogP contribution in [-0.2, 0) is 22.6 Å². The van der Waals surface area contributed by atoms with Crippen molar-refractivity contribution in [3.05, 3.63) is 65.7 Å². The normalized spacial score (nSPS) is 17.4. The van der Waals surface area contributed by atoms with Gasteiger partial charge in [0.05, 0.1) is 13.2 Å². The maximum Gasteiger partial charge on any atom is 0.315 e. The molecule has 0 aromatic heterocycles. The van der Waals surface area contributed by atoms with Gasteiger partial charge in [0.15, 0.2) is 0 Å². The van der Waals surface area contributed by atoms with Gasteiger partial charge in [-0.3, -0.25) is 4.79 Å². The highest BCUT2D eigenvalue weighted by atomic mass is 16.5. The standard InChI is InChI=1S/C26H34N4O3/c1-29(20-22-9-11-23(12-10-22)30-15-17-33-18-16-30)24(31)26(13-5-6-14-26)28-25(32)27-19-21-7-3-2-4-8-21/h2-4,7-12H,5-6,13-20H2,1H3,(H2,27,28,32). The van der Waals surface area contributed by atoms with Gasteiger partial charge < -0.3 is 25.2 Å². The van der Waals surface area contributed by atoms with Crippen LogP contribution in [0.4, 0.5) is 10.5 Å². The Morgan fingerprint density at radius 3 is 2.30 bits per heavy atom. The average molecular weight is 451 g/mol. The number of hydrogen-bond acceptors (Lipinski definition) is 4. The Bertz CT molecular complexity index is 920. The van der Waals surface area contributed by atoms with E-state index >= 15 is 0 Å². The van der Waals surface area contributed by atoms with Gasteiger partial charge in [-0.2, -0.15) is 0 Å². The minimum absolute atomic E-state index is 0.0212. The van der Waals surface area contributed by atoms with Gasteiger partial charge >= 0.3 is 6.03 Å². The Hall–Kier alpha value is -3.06. The number of carbonyl (C=O) groups excluding carboxylic acids is 2. The highest BCUT2D eigenvalue weighted by molar-refractivity contribution is 5.91. The largest absolute Gasteiger partial charge is 0.378 e. The second-order valence-corrected chi connectivity index (χ2v) is 9.01. The maximum absolute atomic E-state index is 13.5. The Balaban J connectivity index is 1.35. The van der Waals surface area contributed by atoms with Crippen LogP contribution >= 0.6 is 0 Å². The van der Waals surface area contributed by atoms with Crippen LogP contribution < -0.4 is 15.5 Å². The molecule has 2 aromatic rings. The van der Waals surface area contributed by atoms with Crippen molar-refractivity contribution in [1.82, 2.24) is 15.5 Å². The van der Waals surface area contributed by atoms with Crippen LogP contribution in [0.25, 0.3) is 0 Å². The zero-order valence-corrected chi connectivity index (χ0v) is 19.4. The third-order valence-electron chi connectivity index (χ3n) is 6.59. The molecule has 7 heteroatoms. The summed E-state index contributed by atoms with van der Waals surface area (Å²) >= 11 is 0. The summed E-state index contributed by atoms with van der Waals surface area (Å²) in [6.45, 7) is 4.26. The number of nitrogens with one attached hydrogen (secondary N) is 2. The maximum atomic E-state index is 13.5. The van der Waals surface area contributed by atoms with Gasteiger partial charge in [-0.25, -0.2) is 4.79 Å². The first-order valence-electron chi connectivity index (χ1n) is 11.8. The van der Waals surface area contributed by atoms with E-state index in [0.717, 1.165) is 50.3 Å². The predicted molar refractivity (Wildman–Crippen MR) is 129 cm³/mol. The molecule has 0 unspecified atom stereocenters. The first kappa shape index (κ1) is 23.1. The smallest absolute Gasteiger partial charge is 0.315 e. The molecule has 1 saturated heterocycles. The van der Waals surface area contributed by atoms with Crippen LogP contribution in [0, 0.1) is 0 Å². The minimum atomic E-state index is -0.830. The summed E-state index contributed by atoms with van der Waals surface area (Å²) in [6, 6.07) is 17.9. The summed E-state index contributed by atoms with van der Waals surface area (Å²) in [5, 5.41) is 5.92. The molecular weight excluding hydrogens is 416 g/mol. The summed E-state index contributed by atoms with van der Waals surface area (Å²) in [5.41, 5.74) is 2.45. The number of nitrogens with zero attached hydrogens (tertiary/aromatic N) is 2. The lowest BCUT2D eigenvalue weighted by atomic mass is 9.95. The van der Waals surface area contributed by atoms with E-state index in [-0.39, 0.29) is 11.9 Å². The Morgan fingerprint density at radius 1 is 0.970 bits per heavy atom. The fourth-order valence-electron chi connectivity index (χ4n) is 4.76. The topological polar surface area (TPSA) is 73.9 Å². The first-order chi connectivity index (χ1) is 16.1. The molecular formula is C26H34N4O3. The molecule has 176 valence electrons. The summed E-state index contributed by atoms with van der Waals surface area (Å²) in [5.74, 6) is -0.0212. The van der Waals surface area contributed by atoms with Gasteiger partial charge in [0, 0.05) is 38.9 Å². The fourth-order valence-corrected chi connectivity index (χ4v) is 4.76. The van der Waals surface area contributed by atoms with E-state index < -0.39 is 5.54 Å². The van der Waals surface area contributed by atoms with E-state index in [2.05, 4.69) is 39.8 Å². The molecule has 4 rings (SSSR count). The van der Waals surface area contributed by atoms with Crippen LogP contribution in [0.1, 0.15) is 36.8 Å². The van der Waals surface area contributed by atoms with E-state index in [1.165, 1.54) is 5.69 Å². The van der Waals surface area contributed by atoms with Gasteiger partial charge in [-0.05, 0) is 36.1 Å². The zero-order chi connectivity index (χ0) is 23.1. The van der Waals surface area contributed by atoms with E-state index in [1.807, 2.05) is 37.4 Å². The fraction of sp³-hybridized carbons (Fsp3) is 0.462. The van der Waals surface area contributed by atoms with Crippen molar-refractivity contribution in [1.29, 1.82) is 0 Å². The third-order valence-corrected chi connectivity index (χ3v) is 6.59. The van der Waals surface area contributed by atoms with Crippen molar-refractivity contribution in [2.75, 3.05) is 38.3 Å². The minimum Gasteiger partial charge on any atom is -0.378 e. The lowest BCUT2D eigenvalue weighted by Crippen LogP contribution is -2.59. The van der Waals surface area contributed by atoms with Crippen molar-refractivity contribution in [3.8, 4) is 0 Å². The van der Waals surface area contributed by atoms with Crippen molar-refractivity contribution >= 4 is 17.6 Å². The monoisotopic (exact) mass is 450 g/mol. The molecule has 7 nitrogen and oxygen atoms in total. The Labute approximate surface area is 196 Å². The van der Waals surface area contributed by atoms with Gasteiger partial charge in [-0.15, -0.1) is 0 Å². The third kappa shape index (κ3) is 5.85. The molecule has 0 radical (unpaired) electrons. The number of benzene rings is 2. The van der Waals surface area contributed by atoms with E-state index in [9.17, 15) is 9.59 Å². The van der Waals surface area contributed by atoms with Crippen molar-refractivity contribution in [2.24, 2.45) is 0 Å². The van der Waals surface area contributed by atoms with Crippen molar-refractivity contribution in [3.63, 3.8) is 0 Å². The number of hydrogen-bond donors (Lipinski definition) is 2. The highest BCUT2D eigenvalue weighted by Crippen LogP contribution is 2.32. The van der Waals surface area contributed by atoms with Crippen LogP contribution in [0.2, 0.25) is 0 Å². The zero-order valence-electron chi connectivity index (χ0n) is 19.4. The first-order valence-corrected chi connectivity index (χ1v) is 11.8. The van der Waals surface area contributed by atoms with Crippen molar-refractivity contribution in [2.45, 2.75) is 44.3 Å². The Morgan fingerprint density at radius 2 is 1.64 bits per heavy atom. The molecule has 1 heterocycles. The molecule has 33 heavy (non-hydrogen) atoms. The molecule has 2 aliphatic rings. The van der Waals surface area contributed by atoms with Gasteiger partial charge in [0.1, 0.15) is 5.54 Å². The van der Waals surface area contributed by atoms with Gasteiger partial charge in [-0.1, -0.05) is 55.3 Å². The number of morpholine rings is 1.